The maximum absolute atomic E-state index is 13.9. The van der Waals surface area contributed by atoms with Crippen LogP contribution in [0.1, 0.15) is 11.1 Å². The minimum Gasteiger partial charge on any atom is -0.351 e. The SMILES string of the molecule is O=C(/C=C/c1ccccc1Cl)NCCn1ncc2c(=O)n(Cc3ccccc3F)cnc21. The van der Waals surface area contributed by atoms with E-state index in [1.807, 2.05) is 18.2 Å². The summed E-state index contributed by atoms with van der Waals surface area (Å²) in [5.74, 6) is -0.656. The van der Waals surface area contributed by atoms with Crippen LogP contribution in [0.2, 0.25) is 5.02 Å². The first-order valence-electron chi connectivity index (χ1n) is 9.88. The van der Waals surface area contributed by atoms with Gasteiger partial charge in [-0.05, 0) is 23.8 Å². The Kier molecular flexibility index (Phi) is 6.42. The highest BCUT2D eigenvalue weighted by atomic mass is 35.5. The molecule has 4 aromatic rings. The fourth-order valence-electron chi connectivity index (χ4n) is 3.20. The van der Waals surface area contributed by atoms with Gasteiger partial charge in [0.1, 0.15) is 17.5 Å². The van der Waals surface area contributed by atoms with E-state index in [1.165, 1.54) is 29.2 Å². The van der Waals surface area contributed by atoms with E-state index in [4.69, 9.17) is 11.6 Å². The Morgan fingerprint density at radius 1 is 1.16 bits per heavy atom. The van der Waals surface area contributed by atoms with E-state index in [2.05, 4.69) is 15.4 Å². The monoisotopic (exact) mass is 451 g/mol. The standard InChI is InChI=1S/C23H19ClFN5O2/c24-19-7-3-1-5-16(19)9-10-21(31)26-11-12-30-22-18(13-28-30)23(32)29(15-27-22)14-17-6-2-4-8-20(17)25/h1-10,13,15H,11-12,14H2,(H,26,31)/b10-9+. The Morgan fingerprint density at radius 2 is 1.94 bits per heavy atom. The zero-order valence-corrected chi connectivity index (χ0v) is 17.7. The van der Waals surface area contributed by atoms with Crippen molar-refractivity contribution < 1.29 is 9.18 Å². The van der Waals surface area contributed by atoms with Gasteiger partial charge < -0.3 is 5.32 Å². The Labute approximate surface area is 187 Å². The number of aromatic nitrogens is 4. The smallest absolute Gasteiger partial charge is 0.264 e. The molecule has 4 rings (SSSR count). The van der Waals surface area contributed by atoms with Crippen molar-refractivity contribution in [1.29, 1.82) is 0 Å². The number of rotatable bonds is 7. The number of hydrogen-bond donors (Lipinski definition) is 1. The first-order valence-corrected chi connectivity index (χ1v) is 10.3. The number of halogens is 2. The molecule has 0 spiro atoms. The second-order valence-corrected chi connectivity index (χ2v) is 7.43. The van der Waals surface area contributed by atoms with Gasteiger partial charge in [-0.1, -0.05) is 48.0 Å². The van der Waals surface area contributed by atoms with Crippen LogP contribution in [0, 0.1) is 5.82 Å². The van der Waals surface area contributed by atoms with Gasteiger partial charge in [-0.2, -0.15) is 5.10 Å². The van der Waals surface area contributed by atoms with Gasteiger partial charge in [-0.3, -0.25) is 14.2 Å². The van der Waals surface area contributed by atoms with E-state index in [1.54, 1.807) is 35.0 Å². The van der Waals surface area contributed by atoms with Crippen LogP contribution in [0.15, 0.2) is 71.9 Å². The normalized spacial score (nSPS) is 11.3. The van der Waals surface area contributed by atoms with Gasteiger partial charge in [0.05, 0.1) is 19.3 Å². The fourth-order valence-corrected chi connectivity index (χ4v) is 3.40. The summed E-state index contributed by atoms with van der Waals surface area (Å²) in [4.78, 5) is 29.1. The Hall–Kier alpha value is -3.78. The van der Waals surface area contributed by atoms with Crippen molar-refractivity contribution in [2.75, 3.05) is 6.54 Å². The quantitative estimate of drug-likeness (QED) is 0.437. The van der Waals surface area contributed by atoms with Gasteiger partial charge in [0, 0.05) is 23.2 Å². The van der Waals surface area contributed by atoms with Gasteiger partial charge in [0.25, 0.3) is 5.56 Å². The molecule has 0 fully saturated rings. The molecule has 0 aliphatic heterocycles. The van der Waals surface area contributed by atoms with Crippen molar-refractivity contribution in [3.63, 3.8) is 0 Å². The Bertz CT molecular complexity index is 1360. The Morgan fingerprint density at radius 3 is 2.75 bits per heavy atom. The number of nitrogens with one attached hydrogen (secondary N) is 1. The van der Waals surface area contributed by atoms with E-state index in [0.717, 1.165) is 5.56 Å². The van der Waals surface area contributed by atoms with Gasteiger partial charge in [0.15, 0.2) is 5.65 Å². The lowest BCUT2D eigenvalue weighted by atomic mass is 10.2. The summed E-state index contributed by atoms with van der Waals surface area (Å²) in [6.45, 7) is 0.703. The zero-order chi connectivity index (χ0) is 22.5. The summed E-state index contributed by atoms with van der Waals surface area (Å²) in [6.07, 6.45) is 5.85. The number of hydrogen-bond acceptors (Lipinski definition) is 4. The predicted octanol–water partition coefficient (Wildman–Crippen LogP) is 3.26. The molecule has 32 heavy (non-hydrogen) atoms. The van der Waals surface area contributed by atoms with E-state index < -0.39 is 0 Å². The Balaban J connectivity index is 1.40. The molecule has 9 heteroatoms. The molecular weight excluding hydrogens is 433 g/mol. The van der Waals surface area contributed by atoms with Crippen LogP contribution in [-0.4, -0.2) is 31.8 Å². The number of benzene rings is 2. The van der Waals surface area contributed by atoms with Crippen LogP contribution in [0.25, 0.3) is 17.1 Å². The number of nitrogens with zero attached hydrogens (tertiary/aromatic N) is 4. The molecular formula is C23H19ClFN5O2. The number of carbonyl (C=O) groups excluding carboxylic acids is 1. The average molecular weight is 452 g/mol. The van der Waals surface area contributed by atoms with Crippen molar-refractivity contribution in [1.82, 2.24) is 24.6 Å². The molecule has 0 saturated carbocycles. The average Bonchev–Trinajstić information content (AvgIpc) is 3.20. The molecule has 7 nitrogen and oxygen atoms in total. The van der Waals surface area contributed by atoms with Crippen LogP contribution in [0.3, 0.4) is 0 Å². The molecule has 0 radical (unpaired) electrons. The molecule has 0 bridgehead atoms. The molecule has 2 aromatic carbocycles. The van der Waals surface area contributed by atoms with E-state index in [0.29, 0.717) is 34.7 Å². The van der Waals surface area contributed by atoms with Gasteiger partial charge in [0.2, 0.25) is 5.91 Å². The van der Waals surface area contributed by atoms with Crippen LogP contribution in [0.5, 0.6) is 0 Å². The second-order valence-electron chi connectivity index (χ2n) is 7.02. The first kappa shape index (κ1) is 21.5. The molecule has 0 aliphatic rings. The van der Waals surface area contributed by atoms with Crippen molar-refractivity contribution >= 4 is 34.6 Å². The third-order valence-corrected chi connectivity index (χ3v) is 5.21. The molecule has 0 unspecified atom stereocenters. The van der Waals surface area contributed by atoms with Crippen molar-refractivity contribution in [2.45, 2.75) is 13.1 Å². The summed E-state index contributed by atoms with van der Waals surface area (Å²) in [5, 5.41) is 7.85. The molecule has 1 amide bonds. The van der Waals surface area contributed by atoms with E-state index >= 15 is 0 Å². The summed E-state index contributed by atoms with van der Waals surface area (Å²) in [7, 11) is 0. The largest absolute Gasteiger partial charge is 0.351 e. The van der Waals surface area contributed by atoms with Crippen LogP contribution < -0.4 is 10.9 Å². The summed E-state index contributed by atoms with van der Waals surface area (Å²) in [6, 6.07) is 13.5. The van der Waals surface area contributed by atoms with Crippen LogP contribution in [-0.2, 0) is 17.9 Å². The minimum atomic E-state index is -0.380. The molecule has 0 aliphatic carbocycles. The predicted molar refractivity (Wildman–Crippen MR) is 121 cm³/mol. The lowest BCUT2D eigenvalue weighted by Crippen LogP contribution is -2.26. The topological polar surface area (TPSA) is 81.8 Å². The zero-order valence-electron chi connectivity index (χ0n) is 16.9. The van der Waals surface area contributed by atoms with Crippen LogP contribution >= 0.6 is 11.6 Å². The highest BCUT2D eigenvalue weighted by Crippen LogP contribution is 2.16. The lowest BCUT2D eigenvalue weighted by molar-refractivity contribution is -0.116. The first-order chi connectivity index (χ1) is 15.5. The molecule has 2 aromatic heterocycles. The molecule has 0 atom stereocenters. The summed E-state index contributed by atoms with van der Waals surface area (Å²) < 4.78 is 16.8. The summed E-state index contributed by atoms with van der Waals surface area (Å²) >= 11 is 6.06. The summed E-state index contributed by atoms with van der Waals surface area (Å²) in [5.41, 5.74) is 1.24. The molecule has 2 heterocycles. The fraction of sp³-hybridized carbons (Fsp3) is 0.130. The second kappa shape index (κ2) is 9.57. The van der Waals surface area contributed by atoms with Gasteiger partial charge in [-0.25, -0.2) is 14.1 Å². The van der Waals surface area contributed by atoms with Crippen molar-refractivity contribution in [3.05, 3.63) is 99.5 Å². The minimum absolute atomic E-state index is 0.0768. The third kappa shape index (κ3) is 4.76. The van der Waals surface area contributed by atoms with Crippen LogP contribution in [0.4, 0.5) is 4.39 Å². The van der Waals surface area contributed by atoms with Crippen molar-refractivity contribution in [3.8, 4) is 0 Å². The van der Waals surface area contributed by atoms with Gasteiger partial charge >= 0.3 is 0 Å². The molecule has 162 valence electrons. The van der Waals surface area contributed by atoms with E-state index in [9.17, 15) is 14.0 Å². The molecule has 0 saturated heterocycles. The third-order valence-electron chi connectivity index (χ3n) is 4.86. The van der Waals surface area contributed by atoms with Crippen molar-refractivity contribution in [2.24, 2.45) is 0 Å². The highest BCUT2D eigenvalue weighted by molar-refractivity contribution is 6.32. The lowest BCUT2D eigenvalue weighted by Gasteiger charge is -2.07. The van der Waals surface area contributed by atoms with Gasteiger partial charge in [-0.15, -0.1) is 0 Å². The highest BCUT2D eigenvalue weighted by Gasteiger charge is 2.11. The maximum atomic E-state index is 13.9. The van der Waals surface area contributed by atoms with E-state index in [-0.39, 0.29) is 23.8 Å². The molecule has 1 N–H and O–H groups in total. The maximum Gasteiger partial charge on any atom is 0.264 e. The number of fused-ring (bicyclic) bond motifs is 1. The number of carbonyl (C=O) groups is 1. The number of amides is 1.